The van der Waals surface area contributed by atoms with Crippen LogP contribution in [0.5, 0.6) is 5.75 Å². The first-order chi connectivity index (χ1) is 7.29. The monoisotopic (exact) mass is 284 g/mol. The lowest BCUT2D eigenvalue weighted by Crippen LogP contribution is -2.22. The quantitative estimate of drug-likeness (QED) is 0.623. The molecule has 2 nitrogen and oxygen atoms in total. The minimum Gasteiger partial charge on any atom is -0.488 e. The fourth-order valence-electron chi connectivity index (χ4n) is 1.27. The zero-order valence-electron chi connectivity index (χ0n) is 10.1. The third-order valence-corrected chi connectivity index (χ3v) is 2.34. The van der Waals surface area contributed by atoms with Crippen molar-refractivity contribution >= 4 is 21.7 Å². The van der Waals surface area contributed by atoms with Gasteiger partial charge in [-0.25, -0.2) is 0 Å². The Balaban J connectivity index is 2.80. The van der Waals surface area contributed by atoms with Crippen LogP contribution in [0.25, 0.3) is 0 Å². The average molecular weight is 285 g/mol. The maximum atomic E-state index is 11.7. The van der Waals surface area contributed by atoms with E-state index in [9.17, 15) is 4.79 Å². The molecule has 0 aliphatic heterocycles. The Morgan fingerprint density at radius 2 is 1.75 bits per heavy atom. The Labute approximate surface area is 105 Å². The summed E-state index contributed by atoms with van der Waals surface area (Å²) < 4.78 is 5.67. The van der Waals surface area contributed by atoms with Crippen LogP contribution in [0.4, 0.5) is 0 Å². The Morgan fingerprint density at radius 3 is 2.12 bits per heavy atom. The van der Waals surface area contributed by atoms with E-state index in [0.29, 0.717) is 5.56 Å². The molecule has 1 aromatic carbocycles. The average Bonchev–Trinajstić information content (AvgIpc) is 2.15. The van der Waals surface area contributed by atoms with Gasteiger partial charge in [-0.05, 0) is 52.0 Å². The molecular weight excluding hydrogens is 268 g/mol. The molecule has 1 aromatic rings. The van der Waals surface area contributed by atoms with Gasteiger partial charge in [0.2, 0.25) is 0 Å². The maximum absolute atomic E-state index is 11.7. The normalized spacial score (nSPS) is 13.3. The van der Waals surface area contributed by atoms with Crippen LogP contribution >= 0.6 is 15.9 Å². The Bertz CT molecular complexity index is 361. The van der Waals surface area contributed by atoms with Crippen molar-refractivity contribution in [1.82, 2.24) is 0 Å². The van der Waals surface area contributed by atoms with Crippen molar-refractivity contribution in [3.8, 4) is 5.75 Å². The summed E-state index contributed by atoms with van der Waals surface area (Å²) in [6.07, 6.45) is 0. The molecule has 0 spiro atoms. The first kappa shape index (κ1) is 13.2. The van der Waals surface area contributed by atoms with Crippen LogP contribution in [-0.4, -0.2) is 16.2 Å². The van der Waals surface area contributed by atoms with Gasteiger partial charge in [0.05, 0.1) is 4.83 Å². The van der Waals surface area contributed by atoms with E-state index in [1.165, 1.54) is 0 Å². The number of halogens is 1. The van der Waals surface area contributed by atoms with Crippen molar-refractivity contribution in [2.45, 2.75) is 38.1 Å². The largest absolute Gasteiger partial charge is 0.488 e. The summed E-state index contributed by atoms with van der Waals surface area (Å²) in [5, 5.41) is 0. The van der Waals surface area contributed by atoms with E-state index in [1.807, 2.05) is 39.8 Å². The van der Waals surface area contributed by atoms with Gasteiger partial charge in [-0.2, -0.15) is 0 Å². The molecular formula is C13H17BrO2. The van der Waals surface area contributed by atoms with Gasteiger partial charge in [0.1, 0.15) is 11.4 Å². The van der Waals surface area contributed by atoms with Gasteiger partial charge in [0.25, 0.3) is 0 Å². The molecule has 88 valence electrons. The van der Waals surface area contributed by atoms with Gasteiger partial charge >= 0.3 is 0 Å². The lowest BCUT2D eigenvalue weighted by atomic mass is 10.1. The number of benzene rings is 1. The zero-order valence-corrected chi connectivity index (χ0v) is 11.7. The summed E-state index contributed by atoms with van der Waals surface area (Å²) in [5.74, 6) is 0.869. The molecule has 0 bridgehead atoms. The highest BCUT2D eigenvalue weighted by Gasteiger charge is 2.14. The highest BCUT2D eigenvalue weighted by molar-refractivity contribution is 9.10. The second-order valence-corrected chi connectivity index (χ2v) is 6.09. The maximum Gasteiger partial charge on any atom is 0.176 e. The standard InChI is InChI=1S/C13H17BrO2/c1-9(14)12(15)10-5-7-11(8-6-10)16-13(2,3)4/h5-9H,1-4H3. The summed E-state index contributed by atoms with van der Waals surface area (Å²) in [4.78, 5) is 11.5. The zero-order chi connectivity index (χ0) is 12.3. The van der Waals surface area contributed by atoms with Gasteiger partial charge in [-0.3, -0.25) is 4.79 Å². The molecule has 0 aliphatic carbocycles. The molecule has 0 aromatic heterocycles. The van der Waals surface area contributed by atoms with Crippen LogP contribution < -0.4 is 4.74 Å². The third-order valence-electron chi connectivity index (χ3n) is 1.92. The van der Waals surface area contributed by atoms with Crippen LogP contribution in [0, 0.1) is 0 Å². The number of rotatable bonds is 3. The molecule has 3 heteroatoms. The summed E-state index contributed by atoms with van der Waals surface area (Å²) in [5.41, 5.74) is 0.486. The summed E-state index contributed by atoms with van der Waals surface area (Å²) >= 11 is 3.26. The second kappa shape index (κ2) is 5.00. The van der Waals surface area contributed by atoms with Crippen LogP contribution in [0.2, 0.25) is 0 Å². The van der Waals surface area contributed by atoms with E-state index < -0.39 is 0 Å². The molecule has 1 atom stereocenters. The first-order valence-electron chi connectivity index (χ1n) is 5.27. The number of carbonyl (C=O) groups is 1. The van der Waals surface area contributed by atoms with Crippen LogP contribution in [0.3, 0.4) is 0 Å². The summed E-state index contributed by atoms with van der Waals surface area (Å²) in [7, 11) is 0. The molecule has 0 heterocycles. The number of alkyl halides is 1. The smallest absolute Gasteiger partial charge is 0.176 e. The van der Waals surface area contributed by atoms with E-state index in [2.05, 4.69) is 15.9 Å². The molecule has 16 heavy (non-hydrogen) atoms. The number of Topliss-reactive ketones (excluding diaryl/α,β-unsaturated/α-hetero) is 1. The predicted octanol–water partition coefficient (Wildman–Crippen LogP) is 3.83. The third kappa shape index (κ3) is 3.97. The van der Waals surface area contributed by atoms with Crippen molar-refractivity contribution in [1.29, 1.82) is 0 Å². The van der Waals surface area contributed by atoms with E-state index in [4.69, 9.17) is 4.74 Å². The van der Waals surface area contributed by atoms with Gasteiger partial charge < -0.3 is 4.74 Å². The fraction of sp³-hybridized carbons (Fsp3) is 0.462. The van der Waals surface area contributed by atoms with Crippen molar-refractivity contribution < 1.29 is 9.53 Å². The highest BCUT2D eigenvalue weighted by atomic mass is 79.9. The van der Waals surface area contributed by atoms with Gasteiger partial charge in [0.15, 0.2) is 5.78 Å². The summed E-state index contributed by atoms with van der Waals surface area (Å²) in [6, 6.07) is 7.24. The lowest BCUT2D eigenvalue weighted by molar-refractivity contribution is 0.0995. The Morgan fingerprint density at radius 1 is 1.25 bits per heavy atom. The summed E-state index contributed by atoms with van der Waals surface area (Å²) in [6.45, 7) is 7.80. The van der Waals surface area contributed by atoms with Crippen molar-refractivity contribution in [2.24, 2.45) is 0 Å². The fourth-order valence-corrected chi connectivity index (χ4v) is 1.53. The van der Waals surface area contributed by atoms with E-state index >= 15 is 0 Å². The van der Waals surface area contributed by atoms with Crippen molar-refractivity contribution in [3.05, 3.63) is 29.8 Å². The molecule has 0 N–H and O–H groups in total. The minimum atomic E-state index is -0.214. The van der Waals surface area contributed by atoms with Crippen LogP contribution in [0.15, 0.2) is 24.3 Å². The van der Waals surface area contributed by atoms with E-state index in [1.54, 1.807) is 12.1 Å². The number of ketones is 1. The molecule has 1 unspecified atom stereocenters. The molecule has 0 aliphatic rings. The molecule has 0 radical (unpaired) electrons. The van der Waals surface area contributed by atoms with Gasteiger partial charge in [0, 0.05) is 5.56 Å². The second-order valence-electron chi connectivity index (χ2n) is 4.72. The molecule has 0 saturated heterocycles. The Hall–Kier alpha value is -0.830. The van der Waals surface area contributed by atoms with Crippen LogP contribution in [0.1, 0.15) is 38.1 Å². The number of ether oxygens (including phenoxy) is 1. The topological polar surface area (TPSA) is 26.3 Å². The SMILES string of the molecule is CC(Br)C(=O)c1ccc(OC(C)(C)C)cc1. The Kier molecular flexibility index (Phi) is 4.14. The van der Waals surface area contributed by atoms with Crippen molar-refractivity contribution in [3.63, 3.8) is 0 Å². The van der Waals surface area contributed by atoms with Gasteiger partial charge in [-0.15, -0.1) is 0 Å². The minimum absolute atomic E-state index is 0.0855. The molecule has 0 fully saturated rings. The highest BCUT2D eigenvalue weighted by Crippen LogP contribution is 2.19. The molecule has 0 saturated carbocycles. The van der Waals surface area contributed by atoms with E-state index in [0.717, 1.165) is 5.75 Å². The number of carbonyl (C=O) groups excluding carboxylic acids is 1. The lowest BCUT2D eigenvalue weighted by Gasteiger charge is -2.21. The van der Waals surface area contributed by atoms with Crippen LogP contribution in [-0.2, 0) is 0 Å². The van der Waals surface area contributed by atoms with Gasteiger partial charge in [-0.1, -0.05) is 15.9 Å². The van der Waals surface area contributed by atoms with E-state index in [-0.39, 0.29) is 16.2 Å². The first-order valence-corrected chi connectivity index (χ1v) is 6.18. The number of hydrogen-bond donors (Lipinski definition) is 0. The molecule has 1 rings (SSSR count). The molecule has 0 amide bonds. The van der Waals surface area contributed by atoms with Crippen molar-refractivity contribution in [2.75, 3.05) is 0 Å². The number of hydrogen-bond acceptors (Lipinski definition) is 2. The predicted molar refractivity (Wildman–Crippen MR) is 69.5 cm³/mol.